The zero-order valence-electron chi connectivity index (χ0n) is 16.9. The number of benzene rings is 1. The molecule has 0 radical (unpaired) electrons. The fraction of sp³-hybridized carbons (Fsp3) is 0.409. The summed E-state index contributed by atoms with van der Waals surface area (Å²) in [6, 6.07) is 7.84. The van der Waals surface area contributed by atoms with Crippen LogP contribution < -0.4 is 16.4 Å². The van der Waals surface area contributed by atoms with Crippen molar-refractivity contribution in [1.82, 2.24) is 9.88 Å². The summed E-state index contributed by atoms with van der Waals surface area (Å²) < 4.78 is 0. The van der Waals surface area contributed by atoms with Gasteiger partial charge in [-0.05, 0) is 60.9 Å². The molecule has 7 nitrogen and oxygen atoms in total. The summed E-state index contributed by atoms with van der Waals surface area (Å²) in [5.74, 6) is -0.371. The SMILES string of the molecule is Cc1cc(NC(=O)C(=O)N2C[C@@H](C)CC[C@@H]2c2cccc3c2CCN3)cnc1N. The molecule has 2 aliphatic rings. The lowest BCUT2D eigenvalue weighted by Crippen LogP contribution is -2.46. The Morgan fingerprint density at radius 1 is 1.31 bits per heavy atom. The number of piperidine rings is 1. The van der Waals surface area contributed by atoms with E-state index in [4.69, 9.17) is 5.73 Å². The van der Waals surface area contributed by atoms with Gasteiger partial charge in [-0.3, -0.25) is 9.59 Å². The van der Waals surface area contributed by atoms with Crippen molar-refractivity contribution in [3.05, 3.63) is 47.2 Å². The summed E-state index contributed by atoms with van der Waals surface area (Å²) in [6.07, 6.45) is 4.31. The number of aromatic nitrogens is 1. The molecule has 2 atom stereocenters. The standard InChI is InChI=1S/C22H27N5O2/c1-13-6-7-19(17-4-3-5-18-16(17)8-9-24-18)27(12-13)22(29)21(28)26-15-10-14(2)20(23)25-11-15/h3-5,10-11,13,19,24H,6-9,12H2,1-2H3,(H2,23,25)(H,26,28)/t13-,19+/m0/s1. The molecule has 0 spiro atoms. The summed E-state index contributed by atoms with van der Waals surface area (Å²) in [5, 5.41) is 6.08. The highest BCUT2D eigenvalue weighted by Crippen LogP contribution is 2.38. The summed E-state index contributed by atoms with van der Waals surface area (Å²) >= 11 is 0. The highest BCUT2D eigenvalue weighted by atomic mass is 16.2. The van der Waals surface area contributed by atoms with E-state index >= 15 is 0 Å². The Kier molecular flexibility index (Phi) is 5.13. The highest BCUT2D eigenvalue weighted by Gasteiger charge is 2.36. The fourth-order valence-corrected chi connectivity index (χ4v) is 4.35. The number of anilines is 3. The second kappa shape index (κ2) is 7.73. The summed E-state index contributed by atoms with van der Waals surface area (Å²) in [7, 11) is 0. The first kappa shape index (κ1) is 19.2. The fourth-order valence-electron chi connectivity index (χ4n) is 4.35. The lowest BCUT2D eigenvalue weighted by Gasteiger charge is -2.39. The van der Waals surface area contributed by atoms with Gasteiger partial charge >= 0.3 is 11.8 Å². The van der Waals surface area contributed by atoms with Crippen LogP contribution in [0.3, 0.4) is 0 Å². The van der Waals surface area contributed by atoms with E-state index in [1.54, 1.807) is 11.0 Å². The Labute approximate surface area is 170 Å². The third kappa shape index (κ3) is 3.77. The number of carbonyl (C=O) groups excluding carboxylic acids is 2. The van der Waals surface area contributed by atoms with Crippen LogP contribution in [0.4, 0.5) is 17.2 Å². The first-order chi connectivity index (χ1) is 13.9. The molecular weight excluding hydrogens is 366 g/mol. The van der Waals surface area contributed by atoms with Crippen LogP contribution in [0.2, 0.25) is 0 Å². The van der Waals surface area contributed by atoms with Crippen molar-refractivity contribution in [2.24, 2.45) is 5.92 Å². The van der Waals surface area contributed by atoms with E-state index in [2.05, 4.69) is 34.7 Å². The molecule has 1 saturated heterocycles. The minimum atomic E-state index is -0.638. The molecule has 29 heavy (non-hydrogen) atoms. The van der Waals surface area contributed by atoms with E-state index in [-0.39, 0.29) is 6.04 Å². The Bertz CT molecular complexity index is 958. The molecule has 0 unspecified atom stereocenters. The maximum Gasteiger partial charge on any atom is 0.313 e. The van der Waals surface area contributed by atoms with Crippen molar-refractivity contribution in [2.75, 3.05) is 29.5 Å². The molecule has 2 aliphatic heterocycles. The Morgan fingerprint density at radius 3 is 2.93 bits per heavy atom. The predicted molar refractivity (Wildman–Crippen MR) is 114 cm³/mol. The predicted octanol–water partition coefficient (Wildman–Crippen LogP) is 2.88. The number of likely N-dealkylation sites (tertiary alicyclic amines) is 1. The van der Waals surface area contributed by atoms with Crippen molar-refractivity contribution >= 4 is 29.0 Å². The molecule has 152 valence electrons. The van der Waals surface area contributed by atoms with Crippen LogP contribution in [0.1, 0.15) is 42.5 Å². The molecule has 1 aromatic heterocycles. The zero-order chi connectivity index (χ0) is 20.5. The van der Waals surface area contributed by atoms with Gasteiger partial charge in [0.2, 0.25) is 0 Å². The summed E-state index contributed by atoms with van der Waals surface area (Å²) in [5.41, 5.74) is 10.5. The summed E-state index contributed by atoms with van der Waals surface area (Å²) in [6.45, 7) is 5.42. The van der Waals surface area contributed by atoms with E-state index in [0.717, 1.165) is 42.6 Å². The molecule has 0 saturated carbocycles. The monoisotopic (exact) mass is 393 g/mol. The van der Waals surface area contributed by atoms with Gasteiger partial charge in [0.15, 0.2) is 0 Å². The van der Waals surface area contributed by atoms with Gasteiger partial charge in [-0.15, -0.1) is 0 Å². The van der Waals surface area contributed by atoms with E-state index in [9.17, 15) is 9.59 Å². The minimum Gasteiger partial charge on any atom is -0.384 e. The Morgan fingerprint density at radius 2 is 2.14 bits per heavy atom. The third-order valence-electron chi connectivity index (χ3n) is 5.91. The van der Waals surface area contributed by atoms with Gasteiger partial charge < -0.3 is 21.3 Å². The minimum absolute atomic E-state index is 0.0782. The number of aryl methyl sites for hydroxylation is 1. The molecule has 1 fully saturated rings. The van der Waals surface area contributed by atoms with Crippen molar-refractivity contribution in [3.8, 4) is 0 Å². The van der Waals surface area contributed by atoms with Crippen LogP contribution in [0, 0.1) is 12.8 Å². The van der Waals surface area contributed by atoms with E-state index in [0.29, 0.717) is 24.0 Å². The number of amides is 2. The molecule has 1 aromatic carbocycles. The smallest absolute Gasteiger partial charge is 0.313 e. The van der Waals surface area contributed by atoms with Crippen LogP contribution >= 0.6 is 0 Å². The van der Waals surface area contributed by atoms with Gasteiger partial charge in [-0.25, -0.2) is 4.98 Å². The van der Waals surface area contributed by atoms with Gasteiger partial charge in [-0.1, -0.05) is 19.1 Å². The van der Waals surface area contributed by atoms with Crippen molar-refractivity contribution in [1.29, 1.82) is 0 Å². The number of hydrogen-bond acceptors (Lipinski definition) is 5. The van der Waals surface area contributed by atoms with Crippen molar-refractivity contribution < 1.29 is 9.59 Å². The first-order valence-corrected chi connectivity index (χ1v) is 10.1. The maximum absolute atomic E-state index is 13.1. The van der Waals surface area contributed by atoms with E-state index in [1.807, 2.05) is 13.0 Å². The van der Waals surface area contributed by atoms with Crippen LogP contribution in [0.15, 0.2) is 30.5 Å². The topological polar surface area (TPSA) is 100 Å². The van der Waals surface area contributed by atoms with Gasteiger partial charge in [0.25, 0.3) is 0 Å². The normalized spacial score (nSPS) is 20.7. The lowest BCUT2D eigenvalue weighted by molar-refractivity contribution is -0.146. The molecule has 4 N–H and O–H groups in total. The third-order valence-corrected chi connectivity index (χ3v) is 5.91. The number of nitrogens with two attached hydrogens (primary N) is 1. The Hall–Kier alpha value is -3.09. The second-order valence-electron chi connectivity index (χ2n) is 8.09. The number of nitrogens with zero attached hydrogens (tertiary/aromatic N) is 2. The van der Waals surface area contributed by atoms with Gasteiger partial charge in [0, 0.05) is 18.8 Å². The van der Waals surface area contributed by atoms with Crippen molar-refractivity contribution in [2.45, 2.75) is 39.2 Å². The molecule has 0 bridgehead atoms. The highest BCUT2D eigenvalue weighted by molar-refractivity contribution is 6.39. The van der Waals surface area contributed by atoms with E-state index in [1.165, 1.54) is 11.8 Å². The molecule has 0 aliphatic carbocycles. The van der Waals surface area contributed by atoms with Gasteiger partial charge in [-0.2, -0.15) is 0 Å². The number of hydrogen-bond donors (Lipinski definition) is 3. The maximum atomic E-state index is 13.1. The number of rotatable bonds is 2. The molecule has 2 amide bonds. The summed E-state index contributed by atoms with van der Waals surface area (Å²) in [4.78, 5) is 31.7. The largest absolute Gasteiger partial charge is 0.384 e. The average Bonchev–Trinajstić information content (AvgIpc) is 3.19. The Balaban J connectivity index is 1.58. The van der Waals surface area contributed by atoms with Gasteiger partial charge in [0.1, 0.15) is 5.82 Å². The number of nitrogen functional groups attached to an aromatic ring is 1. The zero-order valence-corrected chi connectivity index (χ0v) is 16.9. The number of nitrogens with one attached hydrogen (secondary N) is 2. The average molecular weight is 393 g/mol. The molecular formula is C22H27N5O2. The van der Waals surface area contributed by atoms with Crippen LogP contribution in [-0.2, 0) is 16.0 Å². The molecule has 2 aromatic rings. The number of pyridine rings is 1. The van der Waals surface area contributed by atoms with Crippen LogP contribution in [0.25, 0.3) is 0 Å². The number of fused-ring (bicyclic) bond motifs is 1. The quantitative estimate of drug-likeness (QED) is 0.681. The second-order valence-corrected chi connectivity index (χ2v) is 8.09. The van der Waals surface area contributed by atoms with Crippen LogP contribution in [0.5, 0.6) is 0 Å². The number of carbonyl (C=O) groups is 2. The van der Waals surface area contributed by atoms with Gasteiger partial charge in [0.05, 0.1) is 17.9 Å². The van der Waals surface area contributed by atoms with Crippen molar-refractivity contribution in [3.63, 3.8) is 0 Å². The first-order valence-electron chi connectivity index (χ1n) is 10.1. The van der Waals surface area contributed by atoms with Crippen LogP contribution in [-0.4, -0.2) is 34.8 Å². The van der Waals surface area contributed by atoms with E-state index < -0.39 is 11.8 Å². The lowest BCUT2D eigenvalue weighted by atomic mass is 9.87. The molecule has 7 heteroatoms. The molecule has 3 heterocycles. The molecule has 4 rings (SSSR count).